The van der Waals surface area contributed by atoms with E-state index in [1.54, 1.807) is 0 Å². The topological polar surface area (TPSA) is 70.1 Å². The summed E-state index contributed by atoms with van der Waals surface area (Å²) in [7, 11) is 0. The Morgan fingerprint density at radius 3 is 2.50 bits per heavy atom. The first-order chi connectivity index (χ1) is 3.63. The van der Waals surface area contributed by atoms with E-state index >= 15 is 0 Å². The van der Waals surface area contributed by atoms with Crippen LogP contribution >= 0.6 is 11.8 Å². The fraction of sp³-hybridized carbons (Fsp3) is 0.250. The molecule has 4 N–H and O–H groups in total. The number of nitrogens with one attached hydrogen (secondary N) is 1. The van der Waals surface area contributed by atoms with Gasteiger partial charge in [0.15, 0.2) is 5.17 Å². The lowest BCUT2D eigenvalue weighted by Crippen LogP contribution is -2.04. The molecule has 0 bridgehead atoms. The van der Waals surface area contributed by atoms with Gasteiger partial charge in [-0.3, -0.25) is 5.41 Å². The van der Waals surface area contributed by atoms with Crippen molar-refractivity contribution < 1.29 is 5.11 Å². The van der Waals surface area contributed by atoms with Gasteiger partial charge in [-0.15, -0.1) is 0 Å². The lowest BCUT2D eigenvalue weighted by molar-refractivity contribution is 0.420. The van der Waals surface area contributed by atoms with Gasteiger partial charge in [0.1, 0.15) is 0 Å². The second-order valence-corrected chi connectivity index (χ2v) is 2.24. The Labute approximate surface area is 52.1 Å². The van der Waals surface area contributed by atoms with Gasteiger partial charge in [0.2, 0.25) is 0 Å². The number of hydrogen-bond donors (Lipinski definition) is 3. The standard InChI is InChI=1S/C4H8N2OS/c1-3(7)2-8-4(5)6/h7H,1-2H2,(H3,5,6). The quantitative estimate of drug-likeness (QED) is 0.294. The molecule has 0 atom stereocenters. The molecular formula is C4H8N2OS. The Morgan fingerprint density at radius 1 is 1.88 bits per heavy atom. The fourth-order valence-corrected chi connectivity index (χ4v) is 0.483. The average molecular weight is 132 g/mol. The number of thioether (sulfide) groups is 1. The predicted molar refractivity (Wildman–Crippen MR) is 36.1 cm³/mol. The van der Waals surface area contributed by atoms with Crippen molar-refractivity contribution in [3.05, 3.63) is 12.3 Å². The second-order valence-electron chi connectivity index (χ2n) is 1.22. The smallest absolute Gasteiger partial charge is 0.151 e. The van der Waals surface area contributed by atoms with E-state index in [9.17, 15) is 0 Å². The van der Waals surface area contributed by atoms with Gasteiger partial charge in [-0.1, -0.05) is 18.3 Å². The zero-order valence-corrected chi connectivity index (χ0v) is 5.16. The number of nitrogens with two attached hydrogens (primary N) is 1. The Hall–Kier alpha value is -0.640. The molecule has 46 valence electrons. The molecule has 0 spiro atoms. The van der Waals surface area contributed by atoms with E-state index in [0.717, 1.165) is 11.8 Å². The van der Waals surface area contributed by atoms with Crippen LogP contribution in [0.25, 0.3) is 0 Å². The van der Waals surface area contributed by atoms with Gasteiger partial charge in [-0.25, -0.2) is 0 Å². The third kappa shape index (κ3) is 5.36. The summed E-state index contributed by atoms with van der Waals surface area (Å²) in [6.07, 6.45) is 0. The van der Waals surface area contributed by atoms with Crippen LogP contribution in [-0.2, 0) is 0 Å². The minimum absolute atomic E-state index is 0.000185. The summed E-state index contributed by atoms with van der Waals surface area (Å²) in [4.78, 5) is 0. The first-order valence-electron chi connectivity index (χ1n) is 1.96. The maximum absolute atomic E-state index is 8.43. The third-order valence-electron chi connectivity index (χ3n) is 0.394. The summed E-state index contributed by atoms with van der Waals surface area (Å²) in [5.41, 5.74) is 4.93. The molecule has 4 heteroatoms. The van der Waals surface area contributed by atoms with Crippen molar-refractivity contribution in [3.8, 4) is 0 Å². The van der Waals surface area contributed by atoms with E-state index in [4.69, 9.17) is 16.2 Å². The Kier molecular flexibility index (Phi) is 3.10. The first kappa shape index (κ1) is 7.36. The molecule has 0 saturated heterocycles. The Morgan fingerprint density at radius 2 is 2.38 bits per heavy atom. The van der Waals surface area contributed by atoms with Crippen LogP contribution in [0.3, 0.4) is 0 Å². The maximum Gasteiger partial charge on any atom is 0.151 e. The summed E-state index contributed by atoms with van der Waals surface area (Å²) in [6.45, 7) is 3.21. The number of aliphatic hydroxyl groups excluding tert-OH is 1. The molecule has 0 aromatic rings. The van der Waals surface area contributed by atoms with Crippen LogP contribution in [0.5, 0.6) is 0 Å². The highest BCUT2D eigenvalue weighted by Gasteiger charge is 1.90. The normalized spacial score (nSPS) is 8.50. The lowest BCUT2D eigenvalue weighted by Gasteiger charge is -1.93. The lowest BCUT2D eigenvalue weighted by atomic mass is 10.7. The van der Waals surface area contributed by atoms with E-state index in [-0.39, 0.29) is 10.9 Å². The number of aliphatic hydroxyl groups is 1. The average Bonchev–Trinajstić information content (AvgIpc) is 1.61. The van der Waals surface area contributed by atoms with Gasteiger partial charge in [-0.05, 0) is 0 Å². The molecule has 8 heavy (non-hydrogen) atoms. The maximum atomic E-state index is 8.43. The molecule has 0 heterocycles. The summed E-state index contributed by atoms with van der Waals surface area (Å²) in [5, 5.41) is 15.1. The van der Waals surface area contributed by atoms with Crippen LogP contribution in [0.4, 0.5) is 0 Å². The van der Waals surface area contributed by atoms with Crippen LogP contribution < -0.4 is 5.73 Å². The van der Waals surface area contributed by atoms with Gasteiger partial charge in [0, 0.05) is 0 Å². The SMILES string of the molecule is C=C(O)CSC(=N)N. The summed E-state index contributed by atoms with van der Waals surface area (Å²) >= 11 is 1.05. The molecule has 0 saturated carbocycles. The number of rotatable bonds is 2. The van der Waals surface area contributed by atoms with E-state index in [1.807, 2.05) is 0 Å². The zero-order chi connectivity index (χ0) is 6.57. The van der Waals surface area contributed by atoms with Gasteiger partial charge >= 0.3 is 0 Å². The van der Waals surface area contributed by atoms with Crippen LogP contribution in [0.15, 0.2) is 12.3 Å². The minimum Gasteiger partial charge on any atom is -0.512 e. The molecular weight excluding hydrogens is 124 g/mol. The molecule has 0 aliphatic carbocycles. The van der Waals surface area contributed by atoms with Crippen LogP contribution in [0.2, 0.25) is 0 Å². The van der Waals surface area contributed by atoms with Crippen LogP contribution in [0, 0.1) is 5.41 Å². The zero-order valence-electron chi connectivity index (χ0n) is 4.35. The van der Waals surface area contributed by atoms with Crippen LogP contribution in [-0.4, -0.2) is 16.0 Å². The molecule has 0 aromatic carbocycles. The van der Waals surface area contributed by atoms with Crippen molar-refractivity contribution in [2.75, 3.05) is 5.75 Å². The highest BCUT2D eigenvalue weighted by Crippen LogP contribution is 2.00. The van der Waals surface area contributed by atoms with Crippen molar-refractivity contribution in [3.63, 3.8) is 0 Å². The summed E-state index contributed by atoms with van der Waals surface area (Å²) in [5.74, 6) is 0.361. The van der Waals surface area contributed by atoms with Gasteiger partial charge < -0.3 is 10.8 Å². The minimum atomic E-state index is 0.000185. The largest absolute Gasteiger partial charge is 0.512 e. The molecule has 0 fully saturated rings. The number of hydrogen-bond acceptors (Lipinski definition) is 3. The molecule has 0 unspecified atom stereocenters. The highest BCUT2D eigenvalue weighted by molar-refractivity contribution is 8.13. The monoisotopic (exact) mass is 132 g/mol. The van der Waals surface area contributed by atoms with E-state index in [1.165, 1.54) is 0 Å². The fourth-order valence-electron chi connectivity index (χ4n) is 0.161. The predicted octanol–water partition coefficient (Wildman–Crippen LogP) is 0.685. The van der Waals surface area contributed by atoms with E-state index < -0.39 is 0 Å². The molecule has 3 nitrogen and oxygen atoms in total. The van der Waals surface area contributed by atoms with Crippen molar-refractivity contribution in [1.29, 1.82) is 5.41 Å². The first-order valence-corrected chi connectivity index (χ1v) is 2.95. The summed E-state index contributed by atoms with van der Waals surface area (Å²) < 4.78 is 0. The van der Waals surface area contributed by atoms with Crippen molar-refractivity contribution in [1.82, 2.24) is 0 Å². The highest BCUT2D eigenvalue weighted by atomic mass is 32.2. The van der Waals surface area contributed by atoms with Crippen molar-refractivity contribution in [2.45, 2.75) is 0 Å². The molecule has 0 aromatic heterocycles. The van der Waals surface area contributed by atoms with Crippen molar-refractivity contribution >= 4 is 16.9 Å². The number of amidine groups is 1. The second kappa shape index (κ2) is 3.37. The van der Waals surface area contributed by atoms with E-state index in [2.05, 4.69) is 6.58 Å². The van der Waals surface area contributed by atoms with Gasteiger partial charge in [0.05, 0.1) is 11.5 Å². The molecule has 0 aliphatic heterocycles. The molecule has 0 rings (SSSR count). The molecule has 0 amide bonds. The Balaban J connectivity index is 3.18. The van der Waals surface area contributed by atoms with Gasteiger partial charge in [-0.2, -0.15) is 0 Å². The van der Waals surface area contributed by atoms with Crippen LogP contribution in [0.1, 0.15) is 0 Å². The van der Waals surface area contributed by atoms with Crippen molar-refractivity contribution in [2.24, 2.45) is 5.73 Å². The summed E-state index contributed by atoms with van der Waals surface area (Å²) in [6, 6.07) is 0. The third-order valence-corrected chi connectivity index (χ3v) is 1.18. The van der Waals surface area contributed by atoms with E-state index in [0.29, 0.717) is 5.75 Å². The van der Waals surface area contributed by atoms with Gasteiger partial charge in [0.25, 0.3) is 0 Å². The Bertz CT molecular complexity index is 98.6. The molecule has 0 radical (unpaired) electrons. The molecule has 0 aliphatic rings.